The minimum absolute atomic E-state index is 0.0756. The molecule has 0 saturated carbocycles. The Morgan fingerprint density at radius 2 is 1.94 bits per heavy atom. The van der Waals surface area contributed by atoms with Crippen molar-refractivity contribution in [1.82, 2.24) is 15.5 Å². The number of carbonyl (C=O) groups is 1. The molecule has 0 atom stereocenters. The van der Waals surface area contributed by atoms with Crippen LogP contribution < -0.4 is 10.6 Å². The second kappa shape index (κ2) is 7.24. The van der Waals surface area contributed by atoms with Crippen LogP contribution in [0.4, 0.5) is 0 Å². The highest BCUT2D eigenvalue weighted by atomic mass is 32.2. The van der Waals surface area contributed by atoms with Crippen molar-refractivity contribution in [1.29, 1.82) is 0 Å². The highest BCUT2D eigenvalue weighted by Crippen LogP contribution is 2.07. The van der Waals surface area contributed by atoms with Crippen molar-refractivity contribution in [2.45, 2.75) is 26.3 Å². The first-order valence-corrected chi connectivity index (χ1v) is 7.45. The number of nitrogens with one attached hydrogen (secondary N) is 2. The monoisotopic (exact) mass is 259 g/mol. The molecule has 0 aliphatic carbocycles. The summed E-state index contributed by atoms with van der Waals surface area (Å²) in [4.78, 5) is 14.0. The van der Waals surface area contributed by atoms with Crippen LogP contribution in [0.3, 0.4) is 0 Å². The van der Waals surface area contributed by atoms with Gasteiger partial charge in [0.25, 0.3) is 0 Å². The fraction of sp³-hybridized carbons (Fsp3) is 0.917. The molecule has 0 aromatic heterocycles. The average Bonchev–Trinajstić information content (AvgIpc) is 2.23. The highest BCUT2D eigenvalue weighted by Gasteiger charge is 2.13. The summed E-state index contributed by atoms with van der Waals surface area (Å²) in [5.74, 6) is 2.56. The molecule has 17 heavy (non-hydrogen) atoms. The van der Waals surface area contributed by atoms with Crippen LogP contribution in [-0.4, -0.2) is 60.6 Å². The van der Waals surface area contributed by atoms with Crippen LogP contribution in [0, 0.1) is 0 Å². The summed E-state index contributed by atoms with van der Waals surface area (Å²) in [5, 5.41) is 6.13. The first-order valence-electron chi connectivity index (χ1n) is 6.29. The van der Waals surface area contributed by atoms with Gasteiger partial charge in [-0.3, -0.25) is 4.79 Å². The Kier molecular flexibility index (Phi) is 6.30. The van der Waals surface area contributed by atoms with Crippen molar-refractivity contribution in [3.8, 4) is 0 Å². The lowest BCUT2D eigenvalue weighted by Gasteiger charge is -2.26. The molecule has 1 fully saturated rings. The number of hydrogen-bond acceptors (Lipinski definition) is 4. The van der Waals surface area contributed by atoms with Crippen molar-refractivity contribution in [3.05, 3.63) is 0 Å². The zero-order valence-electron chi connectivity index (χ0n) is 11.2. The molecule has 4 nitrogen and oxygen atoms in total. The van der Waals surface area contributed by atoms with E-state index < -0.39 is 0 Å². The lowest BCUT2D eigenvalue weighted by Crippen LogP contribution is -2.46. The van der Waals surface area contributed by atoms with E-state index in [0.717, 1.165) is 13.1 Å². The number of amides is 1. The zero-order valence-corrected chi connectivity index (χ0v) is 12.0. The van der Waals surface area contributed by atoms with Gasteiger partial charge < -0.3 is 15.5 Å². The van der Waals surface area contributed by atoms with E-state index in [-0.39, 0.29) is 11.4 Å². The van der Waals surface area contributed by atoms with Crippen molar-refractivity contribution in [2.24, 2.45) is 0 Å². The molecule has 1 rings (SSSR count). The molecule has 0 radical (unpaired) electrons. The molecule has 1 amide bonds. The normalized spacial score (nSPS) is 18.1. The third kappa shape index (κ3) is 7.63. The molecule has 1 aliphatic heterocycles. The fourth-order valence-corrected chi connectivity index (χ4v) is 2.71. The topological polar surface area (TPSA) is 44.4 Å². The van der Waals surface area contributed by atoms with Crippen LogP contribution >= 0.6 is 11.8 Å². The predicted octanol–water partition coefficient (Wildman–Crippen LogP) is 0.540. The summed E-state index contributed by atoms with van der Waals surface area (Å²) in [6, 6.07) is 0. The van der Waals surface area contributed by atoms with E-state index in [2.05, 4.69) is 15.5 Å². The molecule has 0 aromatic carbocycles. The maximum atomic E-state index is 11.5. The van der Waals surface area contributed by atoms with Crippen LogP contribution in [0.15, 0.2) is 0 Å². The summed E-state index contributed by atoms with van der Waals surface area (Å²) >= 11 is 2.02. The van der Waals surface area contributed by atoms with Crippen LogP contribution in [-0.2, 0) is 4.79 Å². The molecule has 1 saturated heterocycles. The van der Waals surface area contributed by atoms with Crippen LogP contribution in [0.5, 0.6) is 0 Å². The fourth-order valence-electron chi connectivity index (χ4n) is 1.73. The standard InChI is InChI=1S/C12H25N3OS/c1-12(2,3)14-11(16)10-13-4-5-15-6-8-17-9-7-15/h13H,4-10H2,1-3H3,(H,14,16). The number of thioether (sulfide) groups is 1. The quantitative estimate of drug-likeness (QED) is 0.707. The van der Waals surface area contributed by atoms with E-state index >= 15 is 0 Å². The van der Waals surface area contributed by atoms with Crippen LogP contribution in [0.25, 0.3) is 0 Å². The number of hydrogen-bond donors (Lipinski definition) is 2. The Labute approximate surface area is 109 Å². The molecule has 1 heterocycles. The molecule has 5 heteroatoms. The molecule has 100 valence electrons. The lowest BCUT2D eigenvalue weighted by molar-refractivity contribution is -0.121. The van der Waals surface area contributed by atoms with Gasteiger partial charge in [0.15, 0.2) is 0 Å². The summed E-state index contributed by atoms with van der Waals surface area (Å²) in [6.07, 6.45) is 0. The third-order valence-corrected chi connectivity index (χ3v) is 3.45. The Morgan fingerprint density at radius 3 is 2.53 bits per heavy atom. The van der Waals surface area contributed by atoms with Gasteiger partial charge in [0.05, 0.1) is 6.54 Å². The molecule has 0 spiro atoms. The summed E-state index contributed by atoms with van der Waals surface area (Å²) in [6.45, 7) is 10.7. The second-order valence-electron chi connectivity index (χ2n) is 5.43. The largest absolute Gasteiger partial charge is 0.350 e. The van der Waals surface area contributed by atoms with Gasteiger partial charge in [-0.1, -0.05) is 0 Å². The lowest BCUT2D eigenvalue weighted by atomic mass is 10.1. The zero-order chi connectivity index (χ0) is 12.7. The number of carbonyl (C=O) groups excluding carboxylic acids is 1. The molecule has 0 bridgehead atoms. The second-order valence-corrected chi connectivity index (χ2v) is 6.65. The molecule has 0 unspecified atom stereocenters. The smallest absolute Gasteiger partial charge is 0.234 e. The van der Waals surface area contributed by atoms with Crippen molar-refractivity contribution in [2.75, 3.05) is 44.2 Å². The first kappa shape index (κ1) is 14.8. The van der Waals surface area contributed by atoms with E-state index in [1.165, 1.54) is 24.6 Å². The van der Waals surface area contributed by atoms with Gasteiger partial charge in [-0.25, -0.2) is 0 Å². The molecular weight excluding hydrogens is 234 g/mol. The average molecular weight is 259 g/mol. The van der Waals surface area contributed by atoms with E-state index in [0.29, 0.717) is 6.54 Å². The highest BCUT2D eigenvalue weighted by molar-refractivity contribution is 7.99. The van der Waals surface area contributed by atoms with Gasteiger partial charge in [-0.05, 0) is 20.8 Å². The Bertz CT molecular complexity index is 234. The minimum atomic E-state index is -0.136. The van der Waals surface area contributed by atoms with Crippen molar-refractivity contribution in [3.63, 3.8) is 0 Å². The van der Waals surface area contributed by atoms with Gasteiger partial charge in [-0.15, -0.1) is 0 Å². The van der Waals surface area contributed by atoms with Gasteiger partial charge in [0, 0.05) is 43.2 Å². The van der Waals surface area contributed by atoms with Gasteiger partial charge in [0.2, 0.25) is 5.91 Å². The van der Waals surface area contributed by atoms with E-state index in [1.807, 2.05) is 32.5 Å². The van der Waals surface area contributed by atoms with E-state index in [1.54, 1.807) is 0 Å². The number of rotatable bonds is 5. The molecule has 0 aromatic rings. The molecule has 2 N–H and O–H groups in total. The van der Waals surface area contributed by atoms with Crippen LogP contribution in [0.1, 0.15) is 20.8 Å². The van der Waals surface area contributed by atoms with E-state index in [4.69, 9.17) is 0 Å². The molecular formula is C12H25N3OS. The predicted molar refractivity (Wildman–Crippen MR) is 74.5 cm³/mol. The summed E-state index contributed by atoms with van der Waals surface area (Å²) < 4.78 is 0. The van der Waals surface area contributed by atoms with Gasteiger partial charge in [0.1, 0.15) is 0 Å². The maximum absolute atomic E-state index is 11.5. The summed E-state index contributed by atoms with van der Waals surface area (Å²) in [5.41, 5.74) is -0.136. The Morgan fingerprint density at radius 1 is 1.29 bits per heavy atom. The van der Waals surface area contributed by atoms with Crippen molar-refractivity contribution < 1.29 is 4.79 Å². The third-order valence-electron chi connectivity index (χ3n) is 2.51. The molecule has 1 aliphatic rings. The minimum Gasteiger partial charge on any atom is -0.350 e. The van der Waals surface area contributed by atoms with Crippen molar-refractivity contribution >= 4 is 17.7 Å². The summed E-state index contributed by atoms with van der Waals surface area (Å²) in [7, 11) is 0. The van der Waals surface area contributed by atoms with Gasteiger partial charge in [-0.2, -0.15) is 11.8 Å². The Hall–Kier alpha value is -0.260. The SMILES string of the molecule is CC(C)(C)NC(=O)CNCCN1CCSCC1. The van der Waals surface area contributed by atoms with Gasteiger partial charge >= 0.3 is 0 Å². The first-order chi connectivity index (χ1) is 7.97. The number of nitrogens with zero attached hydrogens (tertiary/aromatic N) is 1. The Balaban J connectivity index is 2.01. The maximum Gasteiger partial charge on any atom is 0.234 e. The van der Waals surface area contributed by atoms with Crippen LogP contribution in [0.2, 0.25) is 0 Å². The van der Waals surface area contributed by atoms with E-state index in [9.17, 15) is 4.79 Å².